The van der Waals surface area contributed by atoms with Gasteiger partial charge in [0.2, 0.25) is 11.6 Å². The number of nitro groups is 1. The van der Waals surface area contributed by atoms with Crippen LogP contribution in [0.3, 0.4) is 0 Å². The Morgan fingerprint density at radius 3 is 2.79 bits per heavy atom. The van der Waals surface area contributed by atoms with Crippen molar-refractivity contribution in [3.63, 3.8) is 0 Å². The van der Waals surface area contributed by atoms with Crippen LogP contribution in [0.4, 0.5) is 17.3 Å². The molecule has 0 aliphatic carbocycles. The molecule has 0 amide bonds. The molecule has 2 heterocycles. The average molecular weight is 280 g/mol. The molecule has 8 nitrogen and oxygen atoms in total. The van der Waals surface area contributed by atoms with Gasteiger partial charge in [0.25, 0.3) is 0 Å². The van der Waals surface area contributed by atoms with Gasteiger partial charge >= 0.3 is 5.69 Å². The van der Waals surface area contributed by atoms with Crippen LogP contribution in [0.2, 0.25) is 0 Å². The number of nitrogens with two attached hydrogens (primary N) is 1. The Morgan fingerprint density at radius 2 is 2.21 bits per heavy atom. The molecular formula is C10H12N6O2S. The highest BCUT2D eigenvalue weighted by Gasteiger charge is 2.23. The molecule has 19 heavy (non-hydrogen) atoms. The fourth-order valence-electron chi connectivity index (χ4n) is 1.57. The first-order chi connectivity index (χ1) is 9.13. The largest absolute Gasteiger partial charge is 0.358 e. The molecular weight excluding hydrogens is 268 g/mol. The number of hydrogen-bond acceptors (Lipinski definition) is 8. The number of nitrogens with zero attached hydrogens (tertiary/aromatic N) is 3. The number of hydrogen-bond donors (Lipinski definition) is 3. The Labute approximate surface area is 112 Å². The van der Waals surface area contributed by atoms with Crippen molar-refractivity contribution >= 4 is 28.7 Å². The van der Waals surface area contributed by atoms with Crippen LogP contribution < -0.4 is 16.6 Å². The minimum absolute atomic E-state index is 0.0278. The maximum Gasteiger partial charge on any atom is 0.354 e. The average Bonchev–Trinajstić information content (AvgIpc) is 2.92. The van der Waals surface area contributed by atoms with Crippen LogP contribution in [0.5, 0.6) is 0 Å². The minimum Gasteiger partial charge on any atom is -0.358 e. The van der Waals surface area contributed by atoms with E-state index in [1.165, 1.54) is 6.33 Å². The number of nitrogen functional groups attached to an aromatic ring is 1. The third kappa shape index (κ3) is 2.77. The van der Waals surface area contributed by atoms with Crippen LogP contribution in [-0.2, 0) is 0 Å². The maximum absolute atomic E-state index is 11.1. The van der Waals surface area contributed by atoms with Crippen molar-refractivity contribution in [3.8, 4) is 0 Å². The molecule has 2 rings (SSSR count). The van der Waals surface area contributed by atoms with E-state index in [1.807, 2.05) is 23.8 Å². The molecule has 100 valence electrons. The van der Waals surface area contributed by atoms with Crippen LogP contribution in [0.1, 0.15) is 18.5 Å². The van der Waals surface area contributed by atoms with E-state index in [4.69, 9.17) is 5.84 Å². The zero-order valence-corrected chi connectivity index (χ0v) is 10.8. The topological polar surface area (TPSA) is 119 Å². The van der Waals surface area contributed by atoms with Gasteiger partial charge in [-0.25, -0.2) is 15.8 Å². The van der Waals surface area contributed by atoms with E-state index in [2.05, 4.69) is 20.7 Å². The number of rotatable bonds is 5. The lowest BCUT2D eigenvalue weighted by Crippen LogP contribution is -2.15. The molecule has 0 spiro atoms. The van der Waals surface area contributed by atoms with Crippen molar-refractivity contribution < 1.29 is 4.92 Å². The number of hydrazine groups is 1. The van der Waals surface area contributed by atoms with E-state index >= 15 is 0 Å². The number of nitrogens with one attached hydrogen (secondary N) is 2. The van der Waals surface area contributed by atoms with Gasteiger partial charge in [-0.3, -0.25) is 10.1 Å². The molecule has 0 saturated carbocycles. The van der Waals surface area contributed by atoms with Crippen LogP contribution in [0.15, 0.2) is 23.2 Å². The van der Waals surface area contributed by atoms with Crippen molar-refractivity contribution in [1.82, 2.24) is 9.97 Å². The molecule has 0 radical (unpaired) electrons. The molecule has 0 fully saturated rings. The number of anilines is 2. The summed E-state index contributed by atoms with van der Waals surface area (Å²) < 4.78 is 0. The quantitative estimate of drug-likeness (QED) is 0.434. The Balaban J connectivity index is 2.32. The maximum atomic E-state index is 11.1. The summed E-state index contributed by atoms with van der Waals surface area (Å²) in [5.74, 6) is 5.32. The summed E-state index contributed by atoms with van der Waals surface area (Å²) in [6, 6.07) is 1.84. The van der Waals surface area contributed by atoms with E-state index in [-0.39, 0.29) is 23.4 Å². The van der Waals surface area contributed by atoms with Gasteiger partial charge in [-0.15, -0.1) is 0 Å². The highest BCUT2D eigenvalue weighted by atomic mass is 32.1. The molecule has 0 aliphatic rings. The fraction of sp³-hybridized carbons (Fsp3) is 0.200. The Kier molecular flexibility index (Phi) is 3.88. The van der Waals surface area contributed by atoms with E-state index in [0.717, 1.165) is 5.56 Å². The smallest absolute Gasteiger partial charge is 0.354 e. The lowest BCUT2D eigenvalue weighted by atomic mass is 10.2. The molecule has 1 atom stereocenters. The van der Waals surface area contributed by atoms with Gasteiger partial charge in [0, 0.05) is 0 Å². The zero-order chi connectivity index (χ0) is 13.8. The highest BCUT2D eigenvalue weighted by Crippen LogP contribution is 2.31. The van der Waals surface area contributed by atoms with Gasteiger partial charge < -0.3 is 10.7 Å². The fourth-order valence-corrected chi connectivity index (χ4v) is 2.33. The second kappa shape index (κ2) is 5.59. The van der Waals surface area contributed by atoms with Crippen LogP contribution in [-0.4, -0.2) is 14.9 Å². The molecule has 0 bridgehead atoms. The molecule has 1 unspecified atom stereocenters. The van der Waals surface area contributed by atoms with Gasteiger partial charge in [0.1, 0.15) is 6.33 Å². The van der Waals surface area contributed by atoms with E-state index < -0.39 is 4.92 Å². The highest BCUT2D eigenvalue weighted by molar-refractivity contribution is 7.07. The normalized spacial score (nSPS) is 11.9. The number of aromatic nitrogens is 2. The van der Waals surface area contributed by atoms with E-state index in [9.17, 15) is 10.1 Å². The number of thiophene rings is 1. The summed E-state index contributed by atoms with van der Waals surface area (Å²) in [7, 11) is 0. The molecule has 9 heteroatoms. The Morgan fingerprint density at radius 1 is 1.47 bits per heavy atom. The van der Waals surface area contributed by atoms with E-state index in [0.29, 0.717) is 0 Å². The monoisotopic (exact) mass is 280 g/mol. The summed E-state index contributed by atoms with van der Waals surface area (Å²) in [5.41, 5.74) is 2.95. The third-order valence-electron chi connectivity index (χ3n) is 2.54. The van der Waals surface area contributed by atoms with Gasteiger partial charge in [-0.05, 0) is 29.3 Å². The summed E-state index contributed by atoms with van der Waals surface area (Å²) in [4.78, 5) is 18.1. The van der Waals surface area contributed by atoms with Crippen molar-refractivity contribution in [1.29, 1.82) is 0 Å². The second-order valence-corrected chi connectivity index (χ2v) is 4.52. The second-order valence-electron chi connectivity index (χ2n) is 3.74. The summed E-state index contributed by atoms with van der Waals surface area (Å²) in [5, 5.41) is 18.0. The summed E-state index contributed by atoms with van der Waals surface area (Å²) in [6.07, 6.45) is 1.21. The first kappa shape index (κ1) is 13.2. The Bertz CT molecular complexity index is 573. The first-order valence-electron chi connectivity index (χ1n) is 5.38. The minimum atomic E-state index is -0.572. The SMILES string of the molecule is CC(Nc1ncnc(NN)c1[N+](=O)[O-])c1ccsc1. The van der Waals surface area contributed by atoms with Crippen molar-refractivity contribution in [3.05, 3.63) is 38.8 Å². The Hall–Kier alpha value is -2.26. The van der Waals surface area contributed by atoms with Gasteiger partial charge in [0.15, 0.2) is 0 Å². The molecule has 0 saturated heterocycles. The third-order valence-corrected chi connectivity index (χ3v) is 3.24. The van der Waals surface area contributed by atoms with Crippen molar-refractivity contribution in [2.45, 2.75) is 13.0 Å². The van der Waals surface area contributed by atoms with Crippen molar-refractivity contribution in [2.75, 3.05) is 10.7 Å². The molecule has 2 aromatic heterocycles. The predicted molar refractivity (Wildman–Crippen MR) is 72.9 cm³/mol. The van der Waals surface area contributed by atoms with Crippen LogP contribution in [0, 0.1) is 10.1 Å². The van der Waals surface area contributed by atoms with Crippen molar-refractivity contribution in [2.24, 2.45) is 5.84 Å². The molecule has 0 aromatic carbocycles. The zero-order valence-electron chi connectivity index (χ0n) is 10.0. The first-order valence-corrected chi connectivity index (χ1v) is 6.32. The lowest BCUT2D eigenvalue weighted by Gasteiger charge is -2.13. The summed E-state index contributed by atoms with van der Waals surface area (Å²) in [6.45, 7) is 1.89. The van der Waals surface area contributed by atoms with Gasteiger partial charge in [0.05, 0.1) is 11.0 Å². The predicted octanol–water partition coefficient (Wildman–Crippen LogP) is 1.91. The molecule has 0 aliphatic heterocycles. The van der Waals surface area contributed by atoms with E-state index in [1.54, 1.807) is 11.3 Å². The van der Waals surface area contributed by atoms with Gasteiger partial charge in [-0.2, -0.15) is 11.3 Å². The standard InChI is InChI=1S/C10H12N6O2S/c1-6(7-2-3-19-4-7)14-9-8(16(17)18)10(15-11)13-5-12-9/h2-6H,11H2,1H3,(H2,12,13,14,15). The van der Waals surface area contributed by atoms with Crippen LogP contribution in [0.25, 0.3) is 0 Å². The lowest BCUT2D eigenvalue weighted by molar-refractivity contribution is -0.383. The van der Waals surface area contributed by atoms with Gasteiger partial charge in [-0.1, -0.05) is 0 Å². The molecule has 4 N–H and O–H groups in total. The summed E-state index contributed by atoms with van der Waals surface area (Å²) >= 11 is 1.56. The van der Waals surface area contributed by atoms with Crippen LogP contribution >= 0.6 is 11.3 Å². The molecule has 2 aromatic rings.